The zero-order valence-electron chi connectivity index (χ0n) is 10.6. The summed E-state index contributed by atoms with van der Waals surface area (Å²) < 4.78 is 5.07. The van der Waals surface area contributed by atoms with Crippen LogP contribution in [-0.2, 0) is 9.53 Å². The first-order chi connectivity index (χ1) is 7.51. The van der Waals surface area contributed by atoms with Crippen LogP contribution in [0.4, 0.5) is 0 Å². The van der Waals surface area contributed by atoms with E-state index in [1.165, 1.54) is 12.8 Å². The highest BCUT2D eigenvalue weighted by Crippen LogP contribution is 2.48. The van der Waals surface area contributed by atoms with Crippen molar-refractivity contribution in [3.63, 3.8) is 0 Å². The summed E-state index contributed by atoms with van der Waals surface area (Å²) in [7, 11) is 1.71. The van der Waals surface area contributed by atoms with Crippen LogP contribution >= 0.6 is 0 Å². The standard InChI is InChI=1S/C12H24N2O2/c1-9(2)10(13)11(15)14-8-12(4-5-12)6-7-16-3/h9-10H,4-8,13H2,1-3H3,(H,14,15). The molecule has 0 aliphatic heterocycles. The van der Waals surface area contributed by atoms with Crippen molar-refractivity contribution < 1.29 is 9.53 Å². The lowest BCUT2D eigenvalue weighted by Gasteiger charge is -2.19. The number of methoxy groups -OCH3 is 1. The van der Waals surface area contributed by atoms with Gasteiger partial charge in [0.1, 0.15) is 0 Å². The molecule has 1 atom stereocenters. The normalized spacial score (nSPS) is 19.6. The van der Waals surface area contributed by atoms with Crippen LogP contribution in [-0.4, -0.2) is 32.2 Å². The van der Waals surface area contributed by atoms with Crippen molar-refractivity contribution in [1.82, 2.24) is 5.32 Å². The lowest BCUT2D eigenvalue weighted by molar-refractivity contribution is -0.123. The van der Waals surface area contributed by atoms with Gasteiger partial charge in [-0.3, -0.25) is 4.79 Å². The van der Waals surface area contributed by atoms with Crippen molar-refractivity contribution in [2.24, 2.45) is 17.1 Å². The molecule has 94 valence electrons. The van der Waals surface area contributed by atoms with Crippen LogP contribution < -0.4 is 11.1 Å². The average molecular weight is 228 g/mol. The Morgan fingerprint density at radius 3 is 2.56 bits per heavy atom. The second-order valence-electron chi connectivity index (χ2n) is 5.23. The van der Waals surface area contributed by atoms with Gasteiger partial charge in [-0.2, -0.15) is 0 Å². The first-order valence-electron chi connectivity index (χ1n) is 6.03. The first-order valence-corrected chi connectivity index (χ1v) is 6.03. The van der Waals surface area contributed by atoms with E-state index in [4.69, 9.17) is 10.5 Å². The van der Waals surface area contributed by atoms with Crippen molar-refractivity contribution in [2.45, 2.75) is 39.2 Å². The van der Waals surface area contributed by atoms with Gasteiger partial charge in [0.15, 0.2) is 0 Å². The number of hydrogen-bond donors (Lipinski definition) is 2. The predicted octanol–water partition coefficient (Wildman–Crippen LogP) is 0.903. The van der Waals surface area contributed by atoms with Crippen LogP contribution in [0.1, 0.15) is 33.1 Å². The Kier molecular flexibility index (Phi) is 4.74. The third-order valence-electron chi connectivity index (χ3n) is 3.45. The Labute approximate surface area is 97.9 Å². The monoisotopic (exact) mass is 228 g/mol. The molecule has 1 aliphatic carbocycles. The van der Waals surface area contributed by atoms with E-state index in [9.17, 15) is 4.79 Å². The van der Waals surface area contributed by atoms with E-state index in [1.807, 2.05) is 13.8 Å². The van der Waals surface area contributed by atoms with Crippen molar-refractivity contribution in [3.8, 4) is 0 Å². The summed E-state index contributed by atoms with van der Waals surface area (Å²) in [5, 5.41) is 2.96. The number of carbonyl (C=O) groups excluding carboxylic acids is 1. The molecule has 16 heavy (non-hydrogen) atoms. The molecular weight excluding hydrogens is 204 g/mol. The van der Waals surface area contributed by atoms with Crippen LogP contribution in [0.15, 0.2) is 0 Å². The highest BCUT2D eigenvalue weighted by atomic mass is 16.5. The number of nitrogens with one attached hydrogen (secondary N) is 1. The SMILES string of the molecule is COCCC1(CNC(=O)C(N)C(C)C)CC1. The van der Waals surface area contributed by atoms with E-state index in [0.29, 0.717) is 5.41 Å². The van der Waals surface area contributed by atoms with Crippen LogP contribution in [0.2, 0.25) is 0 Å². The molecule has 1 unspecified atom stereocenters. The minimum Gasteiger partial charge on any atom is -0.385 e. The summed E-state index contributed by atoms with van der Waals surface area (Å²) in [6.07, 6.45) is 3.40. The predicted molar refractivity (Wildman–Crippen MR) is 64.0 cm³/mol. The van der Waals surface area contributed by atoms with Gasteiger partial charge in [-0.15, -0.1) is 0 Å². The zero-order chi connectivity index (χ0) is 12.2. The van der Waals surface area contributed by atoms with Crippen molar-refractivity contribution >= 4 is 5.91 Å². The largest absolute Gasteiger partial charge is 0.385 e. The van der Waals surface area contributed by atoms with Crippen LogP contribution in [0.5, 0.6) is 0 Å². The molecular formula is C12H24N2O2. The van der Waals surface area contributed by atoms with Gasteiger partial charge in [-0.25, -0.2) is 0 Å². The third-order valence-corrected chi connectivity index (χ3v) is 3.45. The van der Waals surface area contributed by atoms with Crippen LogP contribution in [0.3, 0.4) is 0 Å². The van der Waals surface area contributed by atoms with Gasteiger partial charge < -0.3 is 15.8 Å². The second-order valence-corrected chi connectivity index (χ2v) is 5.23. The summed E-state index contributed by atoms with van der Waals surface area (Å²) in [5.74, 6) is 0.160. The zero-order valence-corrected chi connectivity index (χ0v) is 10.6. The van der Waals surface area contributed by atoms with E-state index in [2.05, 4.69) is 5.32 Å². The van der Waals surface area contributed by atoms with Gasteiger partial charge in [-0.1, -0.05) is 13.8 Å². The molecule has 1 fully saturated rings. The Hall–Kier alpha value is -0.610. The molecule has 1 saturated carbocycles. The number of hydrogen-bond acceptors (Lipinski definition) is 3. The molecule has 0 aromatic rings. The van der Waals surface area contributed by atoms with Gasteiger partial charge >= 0.3 is 0 Å². The van der Waals surface area contributed by atoms with Crippen molar-refractivity contribution in [1.29, 1.82) is 0 Å². The molecule has 0 saturated heterocycles. The maximum Gasteiger partial charge on any atom is 0.237 e. The fourth-order valence-corrected chi connectivity index (χ4v) is 1.71. The van der Waals surface area contributed by atoms with E-state index >= 15 is 0 Å². The van der Waals surface area contributed by atoms with Crippen LogP contribution in [0, 0.1) is 11.3 Å². The summed E-state index contributed by atoms with van der Waals surface area (Å²) in [6.45, 7) is 5.44. The molecule has 4 nitrogen and oxygen atoms in total. The summed E-state index contributed by atoms with van der Waals surface area (Å²) >= 11 is 0. The fraction of sp³-hybridized carbons (Fsp3) is 0.917. The molecule has 0 spiro atoms. The van der Waals surface area contributed by atoms with E-state index in [0.717, 1.165) is 19.6 Å². The number of ether oxygens (including phenoxy) is 1. The molecule has 1 rings (SSSR count). The second kappa shape index (κ2) is 5.64. The highest BCUT2D eigenvalue weighted by Gasteiger charge is 2.42. The minimum atomic E-state index is -0.391. The third kappa shape index (κ3) is 3.76. The van der Waals surface area contributed by atoms with Gasteiger partial charge in [0.2, 0.25) is 5.91 Å². The summed E-state index contributed by atoms with van der Waals surface area (Å²) in [6, 6.07) is -0.391. The summed E-state index contributed by atoms with van der Waals surface area (Å²) in [5.41, 5.74) is 6.07. The van der Waals surface area contributed by atoms with Crippen LogP contribution in [0.25, 0.3) is 0 Å². The van der Waals surface area contributed by atoms with Gasteiger partial charge in [0.05, 0.1) is 6.04 Å². The highest BCUT2D eigenvalue weighted by molar-refractivity contribution is 5.81. The van der Waals surface area contributed by atoms with Crippen molar-refractivity contribution in [3.05, 3.63) is 0 Å². The molecule has 4 heteroatoms. The lowest BCUT2D eigenvalue weighted by atomic mass is 10.0. The molecule has 0 heterocycles. The number of carbonyl (C=O) groups is 1. The minimum absolute atomic E-state index is 0.0290. The van der Waals surface area contributed by atoms with E-state index < -0.39 is 6.04 Å². The first kappa shape index (κ1) is 13.5. The topological polar surface area (TPSA) is 64.3 Å². The fourth-order valence-electron chi connectivity index (χ4n) is 1.71. The smallest absolute Gasteiger partial charge is 0.237 e. The molecule has 1 amide bonds. The maximum absolute atomic E-state index is 11.7. The maximum atomic E-state index is 11.7. The van der Waals surface area contributed by atoms with Gasteiger partial charge in [0, 0.05) is 20.3 Å². The number of nitrogens with two attached hydrogens (primary N) is 1. The van der Waals surface area contributed by atoms with E-state index in [-0.39, 0.29) is 11.8 Å². The summed E-state index contributed by atoms with van der Waals surface area (Å²) in [4.78, 5) is 11.7. The molecule has 0 radical (unpaired) electrons. The lowest BCUT2D eigenvalue weighted by Crippen LogP contribution is -2.45. The Morgan fingerprint density at radius 2 is 2.12 bits per heavy atom. The van der Waals surface area contributed by atoms with E-state index in [1.54, 1.807) is 7.11 Å². The quantitative estimate of drug-likeness (QED) is 0.680. The molecule has 3 N–H and O–H groups in total. The molecule has 0 aromatic carbocycles. The van der Waals surface area contributed by atoms with Gasteiger partial charge in [0.25, 0.3) is 0 Å². The molecule has 0 bridgehead atoms. The average Bonchev–Trinajstić information content (AvgIpc) is 3.02. The number of amides is 1. The van der Waals surface area contributed by atoms with Crippen molar-refractivity contribution in [2.75, 3.05) is 20.3 Å². The number of rotatable bonds is 7. The Bertz CT molecular complexity index is 237. The Morgan fingerprint density at radius 1 is 1.50 bits per heavy atom. The molecule has 0 aromatic heterocycles. The van der Waals surface area contributed by atoms with Gasteiger partial charge in [-0.05, 0) is 30.6 Å². The molecule has 1 aliphatic rings. The Balaban J connectivity index is 2.26.